The number of rotatable bonds is 3. The van der Waals surface area contributed by atoms with Crippen LogP contribution in [0.1, 0.15) is 37.8 Å². The molecular formula is C17H20FN3O. The Hall–Kier alpha value is -2.17. The minimum atomic E-state index is -0.291. The van der Waals surface area contributed by atoms with E-state index in [0.29, 0.717) is 5.82 Å². The summed E-state index contributed by atoms with van der Waals surface area (Å²) in [4.78, 5) is 12.4. The summed E-state index contributed by atoms with van der Waals surface area (Å²) in [5, 5.41) is 7.37. The highest BCUT2D eigenvalue weighted by Crippen LogP contribution is 2.26. The number of anilines is 1. The Morgan fingerprint density at radius 1 is 1.23 bits per heavy atom. The van der Waals surface area contributed by atoms with Gasteiger partial charge in [0, 0.05) is 12.0 Å². The zero-order valence-corrected chi connectivity index (χ0v) is 12.7. The van der Waals surface area contributed by atoms with E-state index < -0.39 is 0 Å². The molecule has 3 rings (SSSR count). The fourth-order valence-corrected chi connectivity index (χ4v) is 2.96. The molecule has 1 fully saturated rings. The van der Waals surface area contributed by atoms with Crippen molar-refractivity contribution in [3.05, 3.63) is 41.8 Å². The molecule has 1 aliphatic carbocycles. The first-order valence-corrected chi connectivity index (χ1v) is 7.77. The van der Waals surface area contributed by atoms with Crippen LogP contribution in [0.3, 0.4) is 0 Å². The maximum Gasteiger partial charge on any atom is 0.228 e. The highest BCUT2D eigenvalue weighted by Gasteiger charge is 2.22. The molecule has 0 atom stereocenters. The molecule has 0 unspecified atom stereocenters. The lowest BCUT2D eigenvalue weighted by molar-refractivity contribution is -0.120. The fourth-order valence-electron chi connectivity index (χ4n) is 2.96. The largest absolute Gasteiger partial charge is 0.310 e. The second-order valence-corrected chi connectivity index (χ2v) is 5.88. The minimum absolute atomic E-state index is 0.0583. The Bertz CT molecular complexity index is 657. The number of amides is 1. The molecule has 5 heteroatoms. The van der Waals surface area contributed by atoms with E-state index in [9.17, 15) is 9.18 Å². The van der Waals surface area contributed by atoms with Crippen LogP contribution in [0, 0.1) is 18.7 Å². The van der Waals surface area contributed by atoms with Crippen molar-refractivity contribution in [2.45, 2.75) is 39.0 Å². The SMILES string of the molecule is Cc1cc(NC(=O)C2CCCCC2)n(-c2ccc(F)cc2)n1. The maximum absolute atomic E-state index is 13.1. The standard InChI is InChI=1S/C17H20FN3O/c1-12-11-16(19-17(22)13-5-3-2-4-6-13)21(20-12)15-9-7-14(18)8-10-15/h7-11,13H,2-6H2,1H3,(H,19,22). The summed E-state index contributed by atoms with van der Waals surface area (Å²) in [5.41, 5.74) is 1.54. The van der Waals surface area contributed by atoms with Gasteiger partial charge < -0.3 is 5.32 Å². The Morgan fingerprint density at radius 3 is 2.59 bits per heavy atom. The summed E-state index contributed by atoms with van der Waals surface area (Å²) in [6, 6.07) is 7.92. The van der Waals surface area contributed by atoms with Crippen molar-refractivity contribution in [1.82, 2.24) is 9.78 Å². The van der Waals surface area contributed by atoms with E-state index in [4.69, 9.17) is 0 Å². The summed E-state index contributed by atoms with van der Waals surface area (Å²) in [7, 11) is 0. The third-order valence-corrected chi connectivity index (χ3v) is 4.13. The second kappa shape index (κ2) is 6.30. The van der Waals surface area contributed by atoms with Gasteiger partial charge in [-0.1, -0.05) is 19.3 Å². The van der Waals surface area contributed by atoms with Crippen LogP contribution in [0.4, 0.5) is 10.2 Å². The molecule has 116 valence electrons. The van der Waals surface area contributed by atoms with Crippen molar-refractivity contribution in [2.24, 2.45) is 5.92 Å². The fraction of sp³-hybridized carbons (Fsp3) is 0.412. The lowest BCUT2D eigenvalue weighted by Gasteiger charge is -2.20. The number of nitrogens with zero attached hydrogens (tertiary/aromatic N) is 2. The van der Waals surface area contributed by atoms with Crippen LogP contribution in [0.2, 0.25) is 0 Å². The molecule has 0 bridgehead atoms. The zero-order valence-electron chi connectivity index (χ0n) is 12.7. The van der Waals surface area contributed by atoms with Crippen LogP contribution in [0.25, 0.3) is 5.69 Å². The van der Waals surface area contributed by atoms with Gasteiger partial charge in [0.15, 0.2) is 0 Å². The number of aromatic nitrogens is 2. The summed E-state index contributed by atoms with van der Waals surface area (Å²) >= 11 is 0. The Labute approximate surface area is 129 Å². The Balaban J connectivity index is 1.81. The zero-order chi connectivity index (χ0) is 15.5. The highest BCUT2D eigenvalue weighted by atomic mass is 19.1. The minimum Gasteiger partial charge on any atom is -0.310 e. The molecule has 1 aliphatic rings. The van der Waals surface area contributed by atoms with Crippen LogP contribution in [-0.2, 0) is 4.79 Å². The number of carbonyl (C=O) groups excluding carboxylic acids is 1. The van der Waals surface area contributed by atoms with Gasteiger partial charge in [0.05, 0.1) is 11.4 Å². The van der Waals surface area contributed by atoms with E-state index >= 15 is 0 Å². The number of aryl methyl sites for hydroxylation is 1. The average Bonchev–Trinajstić information content (AvgIpc) is 2.89. The Kier molecular flexibility index (Phi) is 4.22. The summed E-state index contributed by atoms with van der Waals surface area (Å²) in [5.74, 6) is 0.494. The van der Waals surface area contributed by atoms with E-state index in [2.05, 4.69) is 10.4 Å². The molecule has 0 spiro atoms. The first-order valence-electron chi connectivity index (χ1n) is 7.77. The lowest BCUT2D eigenvalue weighted by Crippen LogP contribution is -2.25. The molecule has 1 heterocycles. The quantitative estimate of drug-likeness (QED) is 0.936. The van der Waals surface area contributed by atoms with E-state index in [1.54, 1.807) is 16.8 Å². The van der Waals surface area contributed by atoms with Gasteiger partial charge in [0.2, 0.25) is 5.91 Å². The van der Waals surface area contributed by atoms with E-state index in [1.165, 1.54) is 18.6 Å². The highest BCUT2D eigenvalue weighted by molar-refractivity contribution is 5.92. The predicted molar refractivity (Wildman–Crippen MR) is 83.5 cm³/mol. The molecule has 1 amide bonds. The average molecular weight is 301 g/mol. The van der Waals surface area contributed by atoms with Crippen LogP contribution in [0.15, 0.2) is 30.3 Å². The molecular weight excluding hydrogens is 281 g/mol. The van der Waals surface area contributed by atoms with E-state index in [1.807, 2.05) is 13.0 Å². The number of nitrogens with one attached hydrogen (secondary N) is 1. The molecule has 0 saturated heterocycles. The van der Waals surface area contributed by atoms with Crippen molar-refractivity contribution < 1.29 is 9.18 Å². The van der Waals surface area contributed by atoms with Gasteiger partial charge in [-0.2, -0.15) is 5.10 Å². The van der Waals surface area contributed by atoms with E-state index in [-0.39, 0.29) is 17.6 Å². The Morgan fingerprint density at radius 2 is 1.91 bits per heavy atom. The van der Waals surface area contributed by atoms with Crippen molar-refractivity contribution in [3.63, 3.8) is 0 Å². The molecule has 4 nitrogen and oxygen atoms in total. The molecule has 0 aliphatic heterocycles. The summed E-state index contributed by atoms with van der Waals surface area (Å²) < 4.78 is 14.7. The van der Waals surface area contributed by atoms with Gasteiger partial charge in [0.1, 0.15) is 11.6 Å². The number of carbonyl (C=O) groups is 1. The lowest BCUT2D eigenvalue weighted by atomic mass is 9.89. The van der Waals surface area contributed by atoms with Gasteiger partial charge in [-0.25, -0.2) is 9.07 Å². The van der Waals surface area contributed by atoms with Crippen molar-refractivity contribution in [2.75, 3.05) is 5.32 Å². The third kappa shape index (κ3) is 3.18. The van der Waals surface area contributed by atoms with Crippen LogP contribution in [0.5, 0.6) is 0 Å². The smallest absolute Gasteiger partial charge is 0.228 e. The molecule has 0 radical (unpaired) electrons. The second-order valence-electron chi connectivity index (χ2n) is 5.88. The van der Waals surface area contributed by atoms with Crippen LogP contribution < -0.4 is 5.32 Å². The third-order valence-electron chi connectivity index (χ3n) is 4.13. The number of halogens is 1. The van der Waals surface area contributed by atoms with Gasteiger partial charge in [-0.15, -0.1) is 0 Å². The molecule has 1 aromatic carbocycles. The van der Waals surface area contributed by atoms with Gasteiger partial charge in [0.25, 0.3) is 0 Å². The normalized spacial score (nSPS) is 15.7. The van der Waals surface area contributed by atoms with Crippen molar-refractivity contribution in [3.8, 4) is 5.69 Å². The monoisotopic (exact) mass is 301 g/mol. The van der Waals surface area contributed by atoms with Crippen LogP contribution >= 0.6 is 0 Å². The number of benzene rings is 1. The number of hydrogen-bond donors (Lipinski definition) is 1. The molecule has 22 heavy (non-hydrogen) atoms. The summed E-state index contributed by atoms with van der Waals surface area (Å²) in [6.45, 7) is 1.87. The molecule has 1 saturated carbocycles. The van der Waals surface area contributed by atoms with Gasteiger partial charge in [-0.05, 0) is 44.0 Å². The van der Waals surface area contributed by atoms with Crippen molar-refractivity contribution in [1.29, 1.82) is 0 Å². The predicted octanol–water partition coefficient (Wildman–Crippen LogP) is 3.84. The van der Waals surface area contributed by atoms with Crippen LogP contribution in [-0.4, -0.2) is 15.7 Å². The maximum atomic E-state index is 13.1. The van der Waals surface area contributed by atoms with Gasteiger partial charge >= 0.3 is 0 Å². The first-order chi connectivity index (χ1) is 10.6. The molecule has 1 N–H and O–H groups in total. The van der Waals surface area contributed by atoms with Crippen molar-refractivity contribution >= 4 is 11.7 Å². The topological polar surface area (TPSA) is 46.9 Å². The summed E-state index contributed by atoms with van der Waals surface area (Å²) in [6.07, 6.45) is 5.37. The molecule has 2 aromatic rings. The van der Waals surface area contributed by atoms with Gasteiger partial charge in [-0.3, -0.25) is 4.79 Å². The number of hydrogen-bond acceptors (Lipinski definition) is 2. The molecule has 1 aromatic heterocycles. The first kappa shape index (κ1) is 14.8. The van der Waals surface area contributed by atoms with E-state index in [0.717, 1.165) is 37.1 Å².